The normalized spacial score (nSPS) is 10.4. The maximum absolute atomic E-state index is 11.1. The van der Waals surface area contributed by atoms with Crippen molar-refractivity contribution >= 4 is 16.9 Å². The van der Waals surface area contributed by atoms with Crippen LogP contribution in [-0.4, -0.2) is 20.4 Å². The molecule has 21 heavy (non-hydrogen) atoms. The lowest BCUT2D eigenvalue weighted by atomic mass is 10.2. The van der Waals surface area contributed by atoms with Crippen molar-refractivity contribution in [3.05, 3.63) is 54.0 Å². The van der Waals surface area contributed by atoms with E-state index in [-0.39, 0.29) is 6.42 Å². The number of para-hydroxylation sites is 2. The molecule has 0 unspecified atom stereocenters. The molecule has 0 radical (unpaired) electrons. The molecular formula is C15H11N5O. The second kappa shape index (κ2) is 5.06. The predicted octanol–water partition coefficient (Wildman–Crippen LogP) is 1.59. The fraction of sp³-hybridized carbons (Fsp3) is 0.0667. The number of hydrogen-bond acceptors (Lipinski definition) is 4. The fourth-order valence-electron chi connectivity index (χ4n) is 2.18. The van der Waals surface area contributed by atoms with Crippen LogP contribution >= 0.6 is 0 Å². The van der Waals surface area contributed by atoms with E-state index in [1.165, 1.54) is 6.20 Å². The fourth-order valence-corrected chi connectivity index (χ4v) is 2.18. The highest BCUT2D eigenvalue weighted by atomic mass is 16.1. The number of carbonyl (C=O) groups is 1. The molecule has 6 nitrogen and oxygen atoms in total. The van der Waals surface area contributed by atoms with Crippen molar-refractivity contribution in [3.63, 3.8) is 0 Å². The van der Waals surface area contributed by atoms with Gasteiger partial charge in [0.15, 0.2) is 0 Å². The lowest BCUT2D eigenvalue weighted by molar-refractivity contribution is 0.1000. The van der Waals surface area contributed by atoms with Crippen LogP contribution in [0.15, 0.2) is 42.6 Å². The van der Waals surface area contributed by atoms with Gasteiger partial charge in [-0.3, -0.25) is 9.36 Å². The zero-order valence-electron chi connectivity index (χ0n) is 11.0. The molecule has 102 valence electrons. The summed E-state index contributed by atoms with van der Waals surface area (Å²) in [5.41, 5.74) is 7.21. The maximum atomic E-state index is 11.1. The third-order valence-electron chi connectivity index (χ3n) is 3.13. The number of hydrogen-bond donors (Lipinski definition) is 1. The van der Waals surface area contributed by atoms with E-state index in [1.807, 2.05) is 28.8 Å². The number of nitriles is 1. The number of fused-ring (bicyclic) bond motifs is 1. The van der Waals surface area contributed by atoms with Gasteiger partial charge >= 0.3 is 0 Å². The first kappa shape index (κ1) is 12.8. The minimum absolute atomic E-state index is 0.175. The maximum Gasteiger partial charge on any atom is 0.250 e. The predicted molar refractivity (Wildman–Crippen MR) is 76.7 cm³/mol. The summed E-state index contributed by atoms with van der Waals surface area (Å²) in [4.78, 5) is 19.8. The van der Waals surface area contributed by atoms with Gasteiger partial charge in [0.05, 0.1) is 29.1 Å². The number of benzene rings is 1. The van der Waals surface area contributed by atoms with Crippen LogP contribution in [0.25, 0.3) is 16.9 Å². The molecular weight excluding hydrogens is 266 g/mol. The van der Waals surface area contributed by atoms with Gasteiger partial charge in [-0.2, -0.15) is 5.26 Å². The van der Waals surface area contributed by atoms with Crippen LogP contribution in [0.4, 0.5) is 0 Å². The van der Waals surface area contributed by atoms with E-state index in [9.17, 15) is 4.79 Å². The number of nitrogens with zero attached hydrogens (tertiary/aromatic N) is 4. The Morgan fingerprint density at radius 1 is 1.29 bits per heavy atom. The van der Waals surface area contributed by atoms with Gasteiger partial charge in [0.25, 0.3) is 0 Å². The Morgan fingerprint density at radius 3 is 2.76 bits per heavy atom. The lowest BCUT2D eigenvalue weighted by Crippen LogP contribution is -2.12. The minimum atomic E-state index is -0.526. The van der Waals surface area contributed by atoms with Crippen molar-refractivity contribution in [2.45, 2.75) is 6.42 Å². The Hall–Kier alpha value is -3.20. The molecule has 0 aliphatic heterocycles. The number of amides is 1. The Labute approximate surface area is 120 Å². The number of rotatable bonds is 3. The molecule has 6 heteroatoms. The summed E-state index contributed by atoms with van der Waals surface area (Å²) in [6.45, 7) is 0. The average Bonchev–Trinajstić information content (AvgIpc) is 2.85. The SMILES string of the molecule is N#CCc1nc2ccccc2n1-c1ccc(C(N)=O)cn1. The molecule has 0 atom stereocenters. The van der Waals surface area contributed by atoms with Gasteiger partial charge in [0, 0.05) is 6.20 Å². The average molecular weight is 277 g/mol. The lowest BCUT2D eigenvalue weighted by Gasteiger charge is -2.06. The van der Waals surface area contributed by atoms with E-state index in [1.54, 1.807) is 12.1 Å². The quantitative estimate of drug-likeness (QED) is 0.785. The van der Waals surface area contributed by atoms with Crippen molar-refractivity contribution in [2.75, 3.05) is 0 Å². The van der Waals surface area contributed by atoms with E-state index in [0.717, 1.165) is 11.0 Å². The Morgan fingerprint density at radius 2 is 2.10 bits per heavy atom. The third-order valence-corrected chi connectivity index (χ3v) is 3.13. The topological polar surface area (TPSA) is 97.6 Å². The van der Waals surface area contributed by atoms with Crippen LogP contribution in [0, 0.1) is 11.3 Å². The highest BCUT2D eigenvalue weighted by molar-refractivity contribution is 5.92. The Bertz CT molecular complexity index is 858. The summed E-state index contributed by atoms with van der Waals surface area (Å²) < 4.78 is 1.81. The molecule has 0 saturated carbocycles. The molecule has 2 heterocycles. The molecule has 0 aliphatic carbocycles. The van der Waals surface area contributed by atoms with Crippen molar-refractivity contribution < 1.29 is 4.79 Å². The Balaban J connectivity index is 2.20. The molecule has 3 aromatic rings. The van der Waals surface area contributed by atoms with Crippen molar-refractivity contribution in [1.82, 2.24) is 14.5 Å². The summed E-state index contributed by atoms with van der Waals surface area (Å²) >= 11 is 0. The summed E-state index contributed by atoms with van der Waals surface area (Å²) in [5, 5.41) is 8.95. The highest BCUT2D eigenvalue weighted by Gasteiger charge is 2.13. The van der Waals surface area contributed by atoms with E-state index < -0.39 is 5.91 Å². The largest absolute Gasteiger partial charge is 0.366 e. The summed E-state index contributed by atoms with van der Waals surface area (Å²) in [5.74, 6) is 0.679. The van der Waals surface area contributed by atoms with E-state index in [0.29, 0.717) is 17.2 Å². The molecule has 0 fully saturated rings. The second-order valence-electron chi connectivity index (χ2n) is 4.46. The van der Waals surface area contributed by atoms with Gasteiger partial charge in [0.1, 0.15) is 11.6 Å². The van der Waals surface area contributed by atoms with Crippen LogP contribution in [0.1, 0.15) is 16.2 Å². The van der Waals surface area contributed by atoms with Crippen molar-refractivity contribution in [1.29, 1.82) is 5.26 Å². The second-order valence-corrected chi connectivity index (χ2v) is 4.46. The van der Waals surface area contributed by atoms with E-state index in [4.69, 9.17) is 11.0 Å². The van der Waals surface area contributed by atoms with Gasteiger partial charge in [-0.05, 0) is 24.3 Å². The van der Waals surface area contributed by atoms with Crippen LogP contribution < -0.4 is 5.73 Å². The number of aromatic nitrogens is 3. The molecule has 1 aromatic carbocycles. The Kier molecular flexibility index (Phi) is 3.09. The number of carbonyl (C=O) groups excluding carboxylic acids is 1. The van der Waals surface area contributed by atoms with Gasteiger partial charge < -0.3 is 5.73 Å². The van der Waals surface area contributed by atoms with Crippen LogP contribution in [0.2, 0.25) is 0 Å². The third kappa shape index (κ3) is 2.21. The summed E-state index contributed by atoms with van der Waals surface area (Å²) in [7, 11) is 0. The monoisotopic (exact) mass is 277 g/mol. The molecule has 0 spiro atoms. The molecule has 2 aromatic heterocycles. The van der Waals surface area contributed by atoms with Crippen molar-refractivity contribution in [2.24, 2.45) is 5.73 Å². The number of imidazole rings is 1. The molecule has 0 aliphatic rings. The smallest absolute Gasteiger partial charge is 0.250 e. The summed E-state index contributed by atoms with van der Waals surface area (Å²) in [6.07, 6.45) is 1.59. The van der Waals surface area contributed by atoms with Gasteiger partial charge in [-0.25, -0.2) is 9.97 Å². The van der Waals surface area contributed by atoms with Crippen LogP contribution in [0.3, 0.4) is 0 Å². The van der Waals surface area contributed by atoms with E-state index in [2.05, 4.69) is 16.0 Å². The zero-order valence-corrected chi connectivity index (χ0v) is 11.0. The minimum Gasteiger partial charge on any atom is -0.366 e. The van der Waals surface area contributed by atoms with Crippen molar-refractivity contribution in [3.8, 4) is 11.9 Å². The first-order valence-electron chi connectivity index (χ1n) is 6.30. The first-order valence-corrected chi connectivity index (χ1v) is 6.30. The molecule has 0 bridgehead atoms. The summed E-state index contributed by atoms with van der Waals surface area (Å²) in [6, 6.07) is 13.0. The standard InChI is InChI=1S/C15H11N5O/c16-8-7-14-19-11-3-1-2-4-12(11)20(14)13-6-5-10(9-18-13)15(17)21/h1-6,9H,7H2,(H2,17,21). The van der Waals surface area contributed by atoms with Gasteiger partial charge in [0.2, 0.25) is 5.91 Å². The number of nitrogens with two attached hydrogens (primary N) is 1. The van der Waals surface area contributed by atoms with Crippen LogP contribution in [0.5, 0.6) is 0 Å². The van der Waals surface area contributed by atoms with Crippen LogP contribution in [-0.2, 0) is 6.42 Å². The zero-order chi connectivity index (χ0) is 14.8. The molecule has 1 amide bonds. The highest BCUT2D eigenvalue weighted by Crippen LogP contribution is 2.20. The molecule has 2 N–H and O–H groups in total. The van der Waals surface area contributed by atoms with E-state index >= 15 is 0 Å². The number of pyridine rings is 1. The van der Waals surface area contributed by atoms with Gasteiger partial charge in [-0.15, -0.1) is 0 Å². The first-order chi connectivity index (χ1) is 10.2. The van der Waals surface area contributed by atoms with Gasteiger partial charge in [-0.1, -0.05) is 12.1 Å². The molecule has 0 saturated heterocycles. The molecule has 3 rings (SSSR count). The number of primary amides is 1.